The summed E-state index contributed by atoms with van der Waals surface area (Å²) in [6, 6.07) is 0. The Morgan fingerprint density at radius 3 is 2.70 bits per heavy atom. The van der Waals surface area contributed by atoms with Gasteiger partial charge in [0.05, 0.1) is 0 Å². The molecule has 0 amide bonds. The van der Waals surface area contributed by atoms with Crippen LogP contribution in [-0.2, 0) is 4.74 Å². The minimum atomic E-state index is 0.718. The van der Waals surface area contributed by atoms with E-state index in [4.69, 9.17) is 4.74 Å². The second-order valence-electron chi connectivity index (χ2n) is 2.63. The van der Waals surface area contributed by atoms with Crippen molar-refractivity contribution in [1.82, 2.24) is 0 Å². The normalized spacial score (nSPS) is 13.5. The zero-order valence-corrected chi connectivity index (χ0v) is 8.49. The van der Waals surface area contributed by atoms with Crippen molar-refractivity contribution in [2.24, 2.45) is 5.92 Å². The van der Waals surface area contributed by atoms with Crippen molar-refractivity contribution in [3.63, 3.8) is 0 Å². The van der Waals surface area contributed by atoms with Crippen molar-refractivity contribution in [1.29, 1.82) is 0 Å². The second kappa shape index (κ2) is 7.55. The van der Waals surface area contributed by atoms with Gasteiger partial charge in [-0.1, -0.05) is 36.2 Å². The van der Waals surface area contributed by atoms with Crippen molar-refractivity contribution in [2.45, 2.75) is 26.7 Å². The van der Waals surface area contributed by atoms with E-state index in [0.29, 0.717) is 0 Å². The maximum Gasteiger partial charge on any atom is 0.0491 e. The van der Waals surface area contributed by atoms with Crippen LogP contribution >= 0.6 is 15.9 Å². The van der Waals surface area contributed by atoms with E-state index < -0.39 is 0 Å². The molecule has 0 aliphatic heterocycles. The summed E-state index contributed by atoms with van der Waals surface area (Å²) in [6.45, 7) is 6.23. The Kier molecular flexibility index (Phi) is 7.88. The second-order valence-corrected chi connectivity index (χ2v) is 3.42. The first-order chi connectivity index (χ1) is 4.81. The Bertz CT molecular complexity index is 66.3. The minimum absolute atomic E-state index is 0.718. The van der Waals surface area contributed by atoms with E-state index in [2.05, 4.69) is 29.8 Å². The van der Waals surface area contributed by atoms with Crippen LogP contribution in [-0.4, -0.2) is 18.5 Å². The molecule has 0 unspecified atom stereocenters. The van der Waals surface area contributed by atoms with Crippen molar-refractivity contribution >= 4 is 15.9 Å². The molecule has 0 aromatic carbocycles. The van der Waals surface area contributed by atoms with Crippen LogP contribution in [0.25, 0.3) is 0 Å². The maximum absolute atomic E-state index is 5.40. The highest BCUT2D eigenvalue weighted by molar-refractivity contribution is 9.09. The van der Waals surface area contributed by atoms with E-state index in [1.54, 1.807) is 0 Å². The third kappa shape index (κ3) is 6.56. The molecule has 62 valence electrons. The molecular formula is C8H17BrO. The Morgan fingerprint density at radius 1 is 1.50 bits per heavy atom. The summed E-state index contributed by atoms with van der Waals surface area (Å²) in [5.41, 5.74) is 0. The molecule has 0 aromatic heterocycles. The van der Waals surface area contributed by atoms with Crippen LogP contribution in [0.1, 0.15) is 26.7 Å². The topological polar surface area (TPSA) is 9.23 Å². The summed E-state index contributed by atoms with van der Waals surface area (Å²) >= 11 is 3.35. The Labute approximate surface area is 72.3 Å². The number of ether oxygens (including phenoxy) is 1. The average molecular weight is 209 g/mol. The first-order valence-electron chi connectivity index (χ1n) is 3.95. The lowest BCUT2D eigenvalue weighted by atomic mass is 10.1. The monoisotopic (exact) mass is 208 g/mol. The van der Waals surface area contributed by atoms with E-state index >= 15 is 0 Å². The van der Waals surface area contributed by atoms with Gasteiger partial charge in [0.15, 0.2) is 0 Å². The lowest BCUT2D eigenvalue weighted by molar-refractivity contribution is 0.105. The molecule has 0 fully saturated rings. The smallest absolute Gasteiger partial charge is 0.0491 e. The van der Waals surface area contributed by atoms with Crippen molar-refractivity contribution < 1.29 is 4.74 Å². The molecule has 0 saturated heterocycles. The predicted octanol–water partition coefficient (Wildman–Crippen LogP) is 2.83. The highest BCUT2D eigenvalue weighted by Crippen LogP contribution is 2.00. The average Bonchev–Trinajstić information content (AvgIpc) is 1.98. The van der Waals surface area contributed by atoms with E-state index in [1.165, 1.54) is 6.42 Å². The number of halogens is 1. The van der Waals surface area contributed by atoms with Gasteiger partial charge in [-0.05, 0) is 12.3 Å². The van der Waals surface area contributed by atoms with Crippen molar-refractivity contribution in [3.05, 3.63) is 0 Å². The zero-order valence-electron chi connectivity index (χ0n) is 6.90. The van der Waals surface area contributed by atoms with Gasteiger partial charge in [-0.2, -0.15) is 0 Å². The maximum atomic E-state index is 5.40. The Hall–Kier alpha value is 0.440. The largest absolute Gasteiger partial charge is 0.381 e. The first-order valence-corrected chi connectivity index (χ1v) is 5.07. The third-order valence-corrected chi connectivity index (χ3v) is 2.08. The summed E-state index contributed by atoms with van der Waals surface area (Å²) in [7, 11) is 0. The number of alkyl halides is 1. The van der Waals surface area contributed by atoms with Crippen LogP contribution in [0.3, 0.4) is 0 Å². The quantitative estimate of drug-likeness (QED) is 0.482. The fourth-order valence-electron chi connectivity index (χ4n) is 0.559. The number of hydrogen-bond acceptors (Lipinski definition) is 1. The summed E-state index contributed by atoms with van der Waals surface area (Å²) in [5.74, 6) is 0.718. The van der Waals surface area contributed by atoms with Gasteiger partial charge in [0, 0.05) is 18.5 Å². The van der Waals surface area contributed by atoms with Crippen molar-refractivity contribution in [2.75, 3.05) is 18.5 Å². The Morgan fingerprint density at radius 2 is 2.20 bits per heavy atom. The van der Waals surface area contributed by atoms with Gasteiger partial charge >= 0.3 is 0 Å². The molecule has 0 heterocycles. The molecular weight excluding hydrogens is 192 g/mol. The molecule has 0 spiro atoms. The van der Waals surface area contributed by atoms with Gasteiger partial charge in [0.2, 0.25) is 0 Å². The number of rotatable bonds is 6. The van der Waals surface area contributed by atoms with Crippen LogP contribution in [0.15, 0.2) is 0 Å². The Balaban J connectivity index is 2.89. The van der Waals surface area contributed by atoms with Crippen LogP contribution in [0.5, 0.6) is 0 Å². The van der Waals surface area contributed by atoms with Gasteiger partial charge in [0.1, 0.15) is 0 Å². The van der Waals surface area contributed by atoms with Crippen LogP contribution in [0.4, 0.5) is 0 Å². The SMILES string of the molecule is CC[C@H](C)COCCCBr. The fraction of sp³-hybridized carbons (Fsp3) is 1.00. The first kappa shape index (κ1) is 10.4. The van der Waals surface area contributed by atoms with Gasteiger partial charge in [-0.25, -0.2) is 0 Å². The lowest BCUT2D eigenvalue weighted by Gasteiger charge is -2.07. The molecule has 2 heteroatoms. The number of hydrogen-bond donors (Lipinski definition) is 0. The predicted molar refractivity (Wildman–Crippen MR) is 48.7 cm³/mol. The van der Waals surface area contributed by atoms with E-state index in [-0.39, 0.29) is 0 Å². The molecule has 0 aliphatic rings. The lowest BCUT2D eigenvalue weighted by Crippen LogP contribution is -2.05. The molecule has 1 nitrogen and oxygen atoms in total. The highest BCUT2D eigenvalue weighted by Gasteiger charge is 1.96. The molecule has 0 N–H and O–H groups in total. The van der Waals surface area contributed by atoms with Crippen LogP contribution in [0, 0.1) is 5.92 Å². The molecule has 0 radical (unpaired) electrons. The molecule has 0 aromatic rings. The third-order valence-electron chi connectivity index (χ3n) is 1.52. The van der Waals surface area contributed by atoms with Gasteiger partial charge in [-0.3, -0.25) is 0 Å². The molecule has 0 saturated carbocycles. The standard InChI is InChI=1S/C8H17BrO/c1-3-8(2)7-10-6-4-5-9/h8H,3-7H2,1-2H3/t8-/m0/s1. The zero-order chi connectivity index (χ0) is 7.82. The minimum Gasteiger partial charge on any atom is -0.381 e. The molecule has 0 rings (SSSR count). The van der Waals surface area contributed by atoms with Gasteiger partial charge in [0.25, 0.3) is 0 Å². The summed E-state index contributed by atoms with van der Waals surface area (Å²) in [4.78, 5) is 0. The van der Waals surface area contributed by atoms with E-state index in [9.17, 15) is 0 Å². The van der Waals surface area contributed by atoms with Gasteiger partial charge < -0.3 is 4.74 Å². The molecule has 1 atom stereocenters. The molecule has 0 bridgehead atoms. The molecule has 10 heavy (non-hydrogen) atoms. The highest BCUT2D eigenvalue weighted by atomic mass is 79.9. The van der Waals surface area contributed by atoms with Crippen molar-refractivity contribution in [3.8, 4) is 0 Å². The van der Waals surface area contributed by atoms with E-state index in [0.717, 1.165) is 30.9 Å². The molecule has 0 aliphatic carbocycles. The summed E-state index contributed by atoms with van der Waals surface area (Å²) < 4.78 is 5.40. The van der Waals surface area contributed by atoms with Crippen LogP contribution in [0.2, 0.25) is 0 Å². The van der Waals surface area contributed by atoms with E-state index in [1.807, 2.05) is 0 Å². The fourth-order valence-corrected chi connectivity index (χ4v) is 0.788. The van der Waals surface area contributed by atoms with Crippen LogP contribution < -0.4 is 0 Å². The summed E-state index contributed by atoms with van der Waals surface area (Å²) in [6.07, 6.45) is 2.34. The summed E-state index contributed by atoms with van der Waals surface area (Å²) in [5, 5.41) is 1.05. The van der Waals surface area contributed by atoms with Gasteiger partial charge in [-0.15, -0.1) is 0 Å².